The lowest BCUT2D eigenvalue weighted by molar-refractivity contribution is -0.0442. The molecule has 0 N–H and O–H groups in total. The number of ether oxygens (including phenoxy) is 4. The first-order valence-electron chi connectivity index (χ1n) is 7.92. The molecule has 0 saturated carbocycles. The molecular formula is C16H30O4Si2. The van der Waals surface area contributed by atoms with Crippen LogP contribution in [0.4, 0.5) is 0 Å². The Bertz CT molecular complexity index is 341. The quantitative estimate of drug-likeness (QED) is 0.421. The molecule has 22 heavy (non-hydrogen) atoms. The molecular weight excluding hydrogens is 312 g/mol. The van der Waals surface area contributed by atoms with Gasteiger partial charge in [0.15, 0.2) is 0 Å². The largest absolute Gasteiger partial charge is 0.360 e. The van der Waals surface area contributed by atoms with E-state index < -0.39 is 0 Å². The molecule has 0 radical (unpaired) electrons. The Kier molecular flexibility index (Phi) is 10.6. The second kappa shape index (κ2) is 12.0. The third kappa shape index (κ3) is 7.66. The Morgan fingerprint density at radius 1 is 0.682 bits per heavy atom. The van der Waals surface area contributed by atoms with Gasteiger partial charge in [-0.3, -0.25) is 0 Å². The fourth-order valence-electron chi connectivity index (χ4n) is 2.48. The molecule has 1 aromatic rings. The molecule has 0 aromatic heterocycles. The average Bonchev–Trinajstić information content (AvgIpc) is 2.57. The highest BCUT2D eigenvalue weighted by Gasteiger charge is 2.07. The standard InChI is InChI=1S/C16H30O4Si2/c1-17-15(18-2)21-11-9-13-5-7-14(8-6-13)10-12-22-16(19-3)20-4/h5-8,15-16H,9-12,21-22H2,1-4H3. The van der Waals surface area contributed by atoms with E-state index in [1.165, 1.54) is 23.2 Å². The zero-order chi connectivity index (χ0) is 16.2. The molecule has 0 aliphatic rings. The summed E-state index contributed by atoms with van der Waals surface area (Å²) >= 11 is 0. The molecule has 0 bridgehead atoms. The highest BCUT2D eigenvalue weighted by Crippen LogP contribution is 2.10. The van der Waals surface area contributed by atoms with Crippen molar-refractivity contribution in [3.05, 3.63) is 35.4 Å². The summed E-state index contributed by atoms with van der Waals surface area (Å²) in [6, 6.07) is 11.4. The van der Waals surface area contributed by atoms with Crippen LogP contribution in [0.2, 0.25) is 12.1 Å². The maximum absolute atomic E-state index is 5.26. The van der Waals surface area contributed by atoms with Gasteiger partial charge in [-0.15, -0.1) is 0 Å². The molecule has 1 aromatic carbocycles. The van der Waals surface area contributed by atoms with Crippen LogP contribution in [0, 0.1) is 0 Å². The smallest absolute Gasteiger partial charge is 0.134 e. The SMILES string of the molecule is COC(OC)[SiH2]CCc1ccc(CC[SiH2]C(OC)OC)cc1. The second-order valence-corrected chi connectivity index (χ2v) is 9.31. The normalized spacial score (nSPS) is 12.6. The minimum absolute atomic E-state index is 0.0544. The van der Waals surface area contributed by atoms with Crippen molar-refractivity contribution >= 4 is 19.0 Å². The summed E-state index contributed by atoms with van der Waals surface area (Å²) in [5.41, 5.74) is 2.82. The lowest BCUT2D eigenvalue weighted by atomic mass is 10.1. The fraction of sp³-hybridized carbons (Fsp3) is 0.625. The van der Waals surface area contributed by atoms with E-state index in [0.29, 0.717) is 0 Å². The molecule has 0 aliphatic heterocycles. The highest BCUT2D eigenvalue weighted by atomic mass is 28.2. The molecule has 4 nitrogen and oxygen atoms in total. The Morgan fingerprint density at radius 3 is 1.27 bits per heavy atom. The average molecular weight is 343 g/mol. The van der Waals surface area contributed by atoms with E-state index in [0.717, 1.165) is 12.8 Å². The molecule has 6 heteroatoms. The van der Waals surface area contributed by atoms with E-state index in [1.807, 2.05) is 0 Å². The zero-order valence-electron chi connectivity index (χ0n) is 14.3. The van der Waals surface area contributed by atoms with E-state index in [1.54, 1.807) is 28.4 Å². The third-order valence-corrected chi connectivity index (χ3v) is 7.68. The van der Waals surface area contributed by atoms with Gasteiger partial charge in [0.05, 0.1) is 19.0 Å². The van der Waals surface area contributed by atoms with Gasteiger partial charge in [-0.1, -0.05) is 36.4 Å². The topological polar surface area (TPSA) is 36.9 Å². The van der Waals surface area contributed by atoms with Crippen molar-refractivity contribution in [1.82, 2.24) is 0 Å². The van der Waals surface area contributed by atoms with Gasteiger partial charge in [0, 0.05) is 28.4 Å². The number of rotatable bonds is 12. The summed E-state index contributed by atoms with van der Waals surface area (Å²) in [5, 5.41) is 0. The van der Waals surface area contributed by atoms with Crippen molar-refractivity contribution in [3.63, 3.8) is 0 Å². The summed E-state index contributed by atoms with van der Waals surface area (Å²) in [6.07, 6.45) is 2.25. The van der Waals surface area contributed by atoms with E-state index in [4.69, 9.17) is 18.9 Å². The molecule has 0 spiro atoms. The van der Waals surface area contributed by atoms with Gasteiger partial charge in [-0.2, -0.15) is 0 Å². The van der Waals surface area contributed by atoms with E-state index in [-0.39, 0.29) is 30.9 Å². The van der Waals surface area contributed by atoms with Crippen LogP contribution in [-0.2, 0) is 31.8 Å². The molecule has 0 fully saturated rings. The summed E-state index contributed by atoms with van der Waals surface area (Å²) in [5.74, 6) is 0.109. The van der Waals surface area contributed by atoms with Crippen molar-refractivity contribution in [2.24, 2.45) is 0 Å². The van der Waals surface area contributed by atoms with E-state index in [2.05, 4.69) is 24.3 Å². The van der Waals surface area contributed by atoms with Crippen LogP contribution >= 0.6 is 0 Å². The van der Waals surface area contributed by atoms with Crippen molar-refractivity contribution in [2.45, 2.75) is 36.8 Å². The number of aryl methyl sites for hydroxylation is 2. The lowest BCUT2D eigenvalue weighted by Gasteiger charge is -2.13. The minimum atomic E-state index is -0.323. The Labute approximate surface area is 139 Å². The van der Waals surface area contributed by atoms with Crippen molar-refractivity contribution in [2.75, 3.05) is 28.4 Å². The molecule has 1 rings (SSSR count). The summed E-state index contributed by atoms with van der Waals surface area (Å²) < 4.78 is 21.0. The predicted octanol–water partition coefficient (Wildman–Crippen LogP) is 1.10. The molecule has 0 saturated heterocycles. The van der Waals surface area contributed by atoms with Crippen molar-refractivity contribution < 1.29 is 18.9 Å². The monoisotopic (exact) mass is 342 g/mol. The number of hydrogen-bond donors (Lipinski definition) is 0. The van der Waals surface area contributed by atoms with Crippen LogP contribution in [0.5, 0.6) is 0 Å². The van der Waals surface area contributed by atoms with Gasteiger partial charge in [0.2, 0.25) is 0 Å². The summed E-state index contributed by atoms with van der Waals surface area (Å²) in [4.78, 5) is 0. The maximum atomic E-state index is 5.26. The van der Waals surface area contributed by atoms with Crippen molar-refractivity contribution in [3.8, 4) is 0 Å². The Balaban J connectivity index is 2.27. The van der Waals surface area contributed by atoms with Gasteiger partial charge in [-0.25, -0.2) is 0 Å². The van der Waals surface area contributed by atoms with Gasteiger partial charge >= 0.3 is 0 Å². The van der Waals surface area contributed by atoms with Crippen LogP contribution in [-0.4, -0.2) is 59.3 Å². The molecule has 0 amide bonds. The Morgan fingerprint density at radius 2 is 1.00 bits per heavy atom. The molecule has 0 atom stereocenters. The lowest BCUT2D eigenvalue weighted by Crippen LogP contribution is -2.21. The zero-order valence-corrected chi connectivity index (χ0v) is 17.2. The van der Waals surface area contributed by atoms with Crippen LogP contribution in [0.1, 0.15) is 11.1 Å². The minimum Gasteiger partial charge on any atom is -0.360 e. The second-order valence-electron chi connectivity index (χ2n) is 5.40. The van der Waals surface area contributed by atoms with Crippen LogP contribution < -0.4 is 0 Å². The molecule has 0 unspecified atom stereocenters. The predicted molar refractivity (Wildman–Crippen MR) is 96.2 cm³/mol. The van der Waals surface area contributed by atoms with Gasteiger partial charge in [0.1, 0.15) is 11.8 Å². The summed E-state index contributed by atoms with van der Waals surface area (Å²) in [6.45, 7) is 0. The van der Waals surface area contributed by atoms with Crippen molar-refractivity contribution in [1.29, 1.82) is 0 Å². The molecule has 0 aliphatic carbocycles. The first-order valence-corrected chi connectivity index (χ1v) is 11.6. The fourth-order valence-corrected chi connectivity index (χ4v) is 5.32. The van der Waals surface area contributed by atoms with Gasteiger partial charge < -0.3 is 18.9 Å². The number of hydrogen-bond acceptors (Lipinski definition) is 4. The summed E-state index contributed by atoms with van der Waals surface area (Å²) in [7, 11) is 6.23. The Hall–Kier alpha value is -0.506. The third-order valence-electron chi connectivity index (χ3n) is 3.89. The first kappa shape index (κ1) is 19.5. The molecule has 0 heterocycles. The van der Waals surface area contributed by atoms with E-state index in [9.17, 15) is 0 Å². The maximum Gasteiger partial charge on any atom is 0.134 e. The number of methoxy groups -OCH3 is 4. The molecule has 126 valence electrons. The van der Waals surface area contributed by atoms with Gasteiger partial charge in [-0.05, 0) is 24.0 Å². The van der Waals surface area contributed by atoms with Gasteiger partial charge in [0.25, 0.3) is 0 Å². The number of benzene rings is 1. The van der Waals surface area contributed by atoms with Crippen LogP contribution in [0.3, 0.4) is 0 Å². The first-order chi connectivity index (χ1) is 10.7. The highest BCUT2D eigenvalue weighted by molar-refractivity contribution is 6.36. The van der Waals surface area contributed by atoms with E-state index >= 15 is 0 Å². The van der Waals surface area contributed by atoms with Crippen LogP contribution in [0.15, 0.2) is 24.3 Å². The van der Waals surface area contributed by atoms with Crippen LogP contribution in [0.25, 0.3) is 0 Å².